The number of halogens is 3. The van der Waals surface area contributed by atoms with Crippen LogP contribution in [-0.2, 0) is 13.0 Å². The lowest BCUT2D eigenvalue weighted by atomic mass is 10.0. The molecule has 0 aliphatic carbocycles. The van der Waals surface area contributed by atoms with Crippen molar-refractivity contribution in [1.29, 1.82) is 0 Å². The molecule has 2 nitrogen and oxygen atoms in total. The number of aromatic nitrogens is 1. The normalized spacial score (nSPS) is 12.9. The molecule has 0 unspecified atom stereocenters. The van der Waals surface area contributed by atoms with E-state index in [1.807, 2.05) is 6.07 Å². The third kappa shape index (κ3) is 3.44. The largest absolute Gasteiger partial charge is 0.312 e. The van der Waals surface area contributed by atoms with Crippen LogP contribution >= 0.6 is 24.8 Å². The molecule has 0 radical (unpaired) electrons. The van der Waals surface area contributed by atoms with Crippen molar-refractivity contribution in [3.63, 3.8) is 0 Å². The van der Waals surface area contributed by atoms with Crippen molar-refractivity contribution >= 4 is 24.8 Å². The Morgan fingerprint density at radius 3 is 2.47 bits per heavy atom. The van der Waals surface area contributed by atoms with Crippen LogP contribution in [0.25, 0.3) is 11.3 Å². The number of pyridine rings is 1. The van der Waals surface area contributed by atoms with Gasteiger partial charge in [0.1, 0.15) is 5.82 Å². The van der Waals surface area contributed by atoms with E-state index in [4.69, 9.17) is 0 Å². The number of hydrogen-bond donors (Lipinski definition) is 1. The minimum atomic E-state index is -0.212. The molecule has 3 rings (SSSR count). The fourth-order valence-corrected chi connectivity index (χ4v) is 2.12. The fourth-order valence-electron chi connectivity index (χ4n) is 2.12. The average Bonchev–Trinajstić information content (AvgIpc) is 2.39. The van der Waals surface area contributed by atoms with Crippen LogP contribution in [0.4, 0.5) is 4.39 Å². The first kappa shape index (κ1) is 15.9. The standard InChI is InChI=1S/C14H13FN2.2ClH/c15-12-4-1-10(2-5-12)13-6-3-11-9-16-8-7-14(11)17-13;;/h1-6,16H,7-9H2;2*1H. The van der Waals surface area contributed by atoms with E-state index in [9.17, 15) is 4.39 Å². The van der Waals surface area contributed by atoms with E-state index in [-0.39, 0.29) is 30.6 Å². The zero-order chi connectivity index (χ0) is 11.7. The van der Waals surface area contributed by atoms with Crippen LogP contribution in [-0.4, -0.2) is 11.5 Å². The highest BCUT2D eigenvalue weighted by Gasteiger charge is 2.10. The molecule has 1 aromatic carbocycles. The van der Waals surface area contributed by atoms with Crippen molar-refractivity contribution < 1.29 is 4.39 Å². The minimum absolute atomic E-state index is 0. The maximum absolute atomic E-state index is 12.8. The number of hydrogen-bond acceptors (Lipinski definition) is 2. The highest BCUT2D eigenvalue weighted by molar-refractivity contribution is 5.85. The number of rotatable bonds is 1. The summed E-state index contributed by atoms with van der Waals surface area (Å²) in [7, 11) is 0. The Balaban J connectivity index is 0.000000902. The van der Waals surface area contributed by atoms with Gasteiger partial charge in [-0.2, -0.15) is 0 Å². The molecule has 1 aromatic heterocycles. The molecule has 1 N–H and O–H groups in total. The quantitative estimate of drug-likeness (QED) is 0.873. The van der Waals surface area contributed by atoms with Crippen molar-refractivity contribution in [2.24, 2.45) is 0 Å². The van der Waals surface area contributed by atoms with E-state index in [1.54, 1.807) is 12.1 Å². The first-order valence-corrected chi connectivity index (χ1v) is 5.78. The molecule has 0 amide bonds. The van der Waals surface area contributed by atoms with Crippen LogP contribution in [0.5, 0.6) is 0 Å². The predicted octanol–water partition coefficient (Wildman–Crippen LogP) is 3.38. The molecule has 0 saturated carbocycles. The van der Waals surface area contributed by atoms with Gasteiger partial charge in [0.15, 0.2) is 0 Å². The summed E-state index contributed by atoms with van der Waals surface area (Å²) < 4.78 is 12.8. The molecule has 19 heavy (non-hydrogen) atoms. The Morgan fingerprint density at radius 1 is 1.00 bits per heavy atom. The zero-order valence-electron chi connectivity index (χ0n) is 10.2. The van der Waals surface area contributed by atoms with E-state index in [0.29, 0.717) is 0 Å². The molecule has 2 heterocycles. The SMILES string of the molecule is Cl.Cl.Fc1ccc(-c2ccc3c(n2)CCNC3)cc1. The molecule has 102 valence electrons. The molecule has 0 bridgehead atoms. The number of nitrogens with zero attached hydrogens (tertiary/aromatic N) is 1. The average molecular weight is 301 g/mol. The molecule has 2 aromatic rings. The number of benzene rings is 1. The second kappa shape index (κ2) is 6.85. The van der Waals surface area contributed by atoms with E-state index in [2.05, 4.69) is 16.4 Å². The maximum atomic E-state index is 12.8. The van der Waals surface area contributed by atoms with Gasteiger partial charge in [-0.25, -0.2) is 4.39 Å². The summed E-state index contributed by atoms with van der Waals surface area (Å²) in [6.45, 7) is 1.87. The maximum Gasteiger partial charge on any atom is 0.123 e. The predicted molar refractivity (Wildman–Crippen MR) is 79.5 cm³/mol. The van der Waals surface area contributed by atoms with Gasteiger partial charge in [0.2, 0.25) is 0 Å². The van der Waals surface area contributed by atoms with Crippen molar-refractivity contribution in [2.75, 3.05) is 6.54 Å². The number of nitrogens with one attached hydrogen (secondary N) is 1. The van der Waals surface area contributed by atoms with E-state index in [1.165, 1.54) is 17.7 Å². The summed E-state index contributed by atoms with van der Waals surface area (Å²) in [4.78, 5) is 4.65. The van der Waals surface area contributed by atoms with Gasteiger partial charge < -0.3 is 5.32 Å². The Hall–Kier alpha value is -1.16. The van der Waals surface area contributed by atoms with Crippen LogP contribution in [0.3, 0.4) is 0 Å². The smallest absolute Gasteiger partial charge is 0.123 e. The summed E-state index contributed by atoms with van der Waals surface area (Å²) in [5.74, 6) is -0.212. The Kier molecular flexibility index (Phi) is 5.73. The molecule has 0 spiro atoms. The zero-order valence-corrected chi connectivity index (χ0v) is 11.9. The summed E-state index contributed by atoms with van der Waals surface area (Å²) in [6, 6.07) is 10.6. The first-order chi connectivity index (χ1) is 8.33. The molecule has 1 aliphatic heterocycles. The van der Waals surface area contributed by atoms with Gasteiger partial charge in [0, 0.05) is 30.8 Å². The van der Waals surface area contributed by atoms with Crippen molar-refractivity contribution in [3.05, 3.63) is 53.5 Å². The second-order valence-electron chi connectivity index (χ2n) is 4.24. The van der Waals surface area contributed by atoms with Gasteiger partial charge in [-0.05, 0) is 35.9 Å². The Morgan fingerprint density at radius 2 is 1.74 bits per heavy atom. The molecular weight excluding hydrogens is 286 g/mol. The van der Waals surface area contributed by atoms with Gasteiger partial charge in [0.25, 0.3) is 0 Å². The van der Waals surface area contributed by atoms with Crippen molar-refractivity contribution in [3.8, 4) is 11.3 Å². The Bertz CT molecular complexity index is 544. The molecule has 0 saturated heterocycles. The van der Waals surface area contributed by atoms with Gasteiger partial charge in [-0.1, -0.05) is 6.07 Å². The van der Waals surface area contributed by atoms with Crippen LogP contribution in [0.15, 0.2) is 36.4 Å². The lowest BCUT2D eigenvalue weighted by Gasteiger charge is -2.16. The molecule has 0 fully saturated rings. The van der Waals surface area contributed by atoms with Crippen molar-refractivity contribution in [2.45, 2.75) is 13.0 Å². The Labute approximate surface area is 124 Å². The van der Waals surface area contributed by atoms with Gasteiger partial charge >= 0.3 is 0 Å². The highest BCUT2D eigenvalue weighted by atomic mass is 35.5. The van der Waals surface area contributed by atoms with E-state index >= 15 is 0 Å². The first-order valence-electron chi connectivity index (χ1n) is 5.78. The van der Waals surface area contributed by atoms with E-state index < -0.39 is 0 Å². The van der Waals surface area contributed by atoms with Gasteiger partial charge in [0.05, 0.1) is 5.69 Å². The molecule has 5 heteroatoms. The monoisotopic (exact) mass is 300 g/mol. The summed E-state index contributed by atoms with van der Waals surface area (Å²) in [5, 5.41) is 3.32. The topological polar surface area (TPSA) is 24.9 Å². The van der Waals surface area contributed by atoms with Crippen molar-refractivity contribution in [1.82, 2.24) is 10.3 Å². The summed E-state index contributed by atoms with van der Waals surface area (Å²) >= 11 is 0. The number of fused-ring (bicyclic) bond motifs is 1. The molecule has 1 aliphatic rings. The minimum Gasteiger partial charge on any atom is -0.312 e. The third-order valence-electron chi connectivity index (χ3n) is 3.06. The third-order valence-corrected chi connectivity index (χ3v) is 3.06. The van der Waals surface area contributed by atoms with Gasteiger partial charge in [-0.15, -0.1) is 24.8 Å². The second-order valence-corrected chi connectivity index (χ2v) is 4.24. The lowest BCUT2D eigenvalue weighted by Crippen LogP contribution is -2.24. The highest BCUT2D eigenvalue weighted by Crippen LogP contribution is 2.21. The van der Waals surface area contributed by atoms with Crippen LogP contribution in [0.2, 0.25) is 0 Å². The van der Waals surface area contributed by atoms with Gasteiger partial charge in [-0.3, -0.25) is 4.98 Å². The fraction of sp³-hybridized carbons (Fsp3) is 0.214. The van der Waals surface area contributed by atoms with Crippen LogP contribution in [0.1, 0.15) is 11.3 Å². The molecular formula is C14H15Cl2FN2. The van der Waals surface area contributed by atoms with E-state index in [0.717, 1.165) is 36.5 Å². The molecule has 0 atom stereocenters. The van der Waals surface area contributed by atoms with Crippen LogP contribution < -0.4 is 5.32 Å². The lowest BCUT2D eigenvalue weighted by molar-refractivity contribution is 0.627. The van der Waals surface area contributed by atoms with Crippen LogP contribution in [0, 0.1) is 5.82 Å². The summed E-state index contributed by atoms with van der Waals surface area (Å²) in [6.07, 6.45) is 0.963. The summed E-state index contributed by atoms with van der Waals surface area (Å²) in [5.41, 5.74) is 4.31.